The van der Waals surface area contributed by atoms with Crippen molar-refractivity contribution < 1.29 is 14.6 Å². The van der Waals surface area contributed by atoms with E-state index in [-0.39, 0.29) is 12.1 Å². The maximum atomic E-state index is 13.2. The lowest BCUT2D eigenvalue weighted by molar-refractivity contribution is -0.137. The number of aryl methyl sites for hydroxylation is 1. The molecule has 3 rings (SSSR count). The van der Waals surface area contributed by atoms with Gasteiger partial charge in [0.2, 0.25) is 0 Å². The molecule has 3 aromatic rings. The molecule has 0 saturated carbocycles. The van der Waals surface area contributed by atoms with Gasteiger partial charge in [-0.2, -0.15) is 0 Å². The van der Waals surface area contributed by atoms with E-state index in [0.717, 1.165) is 48.4 Å². The fraction of sp³-hybridized carbons (Fsp3) is 0.333. The van der Waals surface area contributed by atoms with Crippen LogP contribution in [-0.4, -0.2) is 27.3 Å². The van der Waals surface area contributed by atoms with Crippen LogP contribution in [0.15, 0.2) is 65.6 Å². The number of aliphatic carboxylic acids is 1. The van der Waals surface area contributed by atoms with Gasteiger partial charge in [0, 0.05) is 24.7 Å². The summed E-state index contributed by atoms with van der Waals surface area (Å²) in [5.74, 6) is 0.00487. The molecule has 1 aromatic heterocycles. The van der Waals surface area contributed by atoms with Gasteiger partial charge in [0.25, 0.3) is 0 Å². The molecule has 6 nitrogen and oxygen atoms in total. The van der Waals surface area contributed by atoms with Crippen molar-refractivity contribution in [3.63, 3.8) is 0 Å². The highest BCUT2D eigenvalue weighted by molar-refractivity contribution is 5.66. The summed E-state index contributed by atoms with van der Waals surface area (Å²) in [6.45, 7) is 0.640. The Morgan fingerprint density at radius 3 is 2.27 bits per heavy atom. The number of imidazole rings is 1. The van der Waals surface area contributed by atoms with Crippen LogP contribution in [0.4, 0.5) is 0 Å². The third kappa shape index (κ3) is 5.41. The van der Waals surface area contributed by atoms with Crippen LogP contribution in [0.1, 0.15) is 38.5 Å². The van der Waals surface area contributed by atoms with E-state index in [1.807, 2.05) is 60.8 Å². The van der Waals surface area contributed by atoms with Crippen molar-refractivity contribution in [2.24, 2.45) is 0 Å². The maximum Gasteiger partial charge on any atom is 0.333 e. The Balaban J connectivity index is 1.77. The summed E-state index contributed by atoms with van der Waals surface area (Å²) >= 11 is 0. The Labute approximate surface area is 176 Å². The van der Waals surface area contributed by atoms with E-state index < -0.39 is 5.97 Å². The molecule has 0 saturated heterocycles. The summed E-state index contributed by atoms with van der Waals surface area (Å²) in [6.07, 6.45) is 6.60. The van der Waals surface area contributed by atoms with E-state index in [1.165, 1.54) is 0 Å². The number of aromatic nitrogens is 2. The average molecular weight is 408 g/mol. The first-order valence-electron chi connectivity index (χ1n) is 10.3. The third-order valence-electron chi connectivity index (χ3n) is 5.15. The van der Waals surface area contributed by atoms with Gasteiger partial charge in [-0.05, 0) is 37.1 Å². The summed E-state index contributed by atoms with van der Waals surface area (Å²) in [5.41, 5.74) is 2.57. The highest BCUT2D eigenvalue weighted by Gasteiger charge is 2.14. The highest BCUT2D eigenvalue weighted by Crippen LogP contribution is 2.23. The van der Waals surface area contributed by atoms with E-state index in [2.05, 4.69) is 0 Å². The molecule has 0 atom stereocenters. The van der Waals surface area contributed by atoms with E-state index in [0.29, 0.717) is 13.0 Å². The van der Waals surface area contributed by atoms with Crippen molar-refractivity contribution >= 4 is 5.97 Å². The zero-order valence-electron chi connectivity index (χ0n) is 17.3. The minimum absolute atomic E-state index is 0.0649. The molecule has 0 unspecified atom stereocenters. The molecule has 6 heteroatoms. The molecule has 158 valence electrons. The van der Waals surface area contributed by atoms with Gasteiger partial charge >= 0.3 is 11.7 Å². The number of ether oxygens (including phenoxy) is 1. The lowest BCUT2D eigenvalue weighted by atomic mass is 10.1. The second-order valence-corrected chi connectivity index (χ2v) is 7.30. The van der Waals surface area contributed by atoms with Crippen molar-refractivity contribution in [3.05, 3.63) is 71.3 Å². The molecule has 2 aromatic carbocycles. The van der Waals surface area contributed by atoms with Crippen molar-refractivity contribution in [3.8, 4) is 22.7 Å². The molecule has 0 aliphatic rings. The summed E-state index contributed by atoms with van der Waals surface area (Å²) in [7, 11) is 1.62. The van der Waals surface area contributed by atoms with Crippen LogP contribution in [0.5, 0.6) is 5.75 Å². The molecule has 0 amide bonds. The number of carboxylic acid groups (broad SMARTS) is 1. The number of benzene rings is 2. The fourth-order valence-corrected chi connectivity index (χ4v) is 3.53. The van der Waals surface area contributed by atoms with Gasteiger partial charge in [0.1, 0.15) is 5.75 Å². The SMILES string of the molecule is COc1ccc(-n2c(-c3ccccc3)cn(CCCCCCCC(=O)O)c2=O)cc1. The van der Waals surface area contributed by atoms with E-state index >= 15 is 0 Å². The quantitative estimate of drug-likeness (QED) is 0.465. The number of rotatable bonds is 11. The van der Waals surface area contributed by atoms with Crippen molar-refractivity contribution in [2.75, 3.05) is 7.11 Å². The number of unbranched alkanes of at least 4 members (excludes halogenated alkanes) is 4. The molecule has 0 spiro atoms. The van der Waals surface area contributed by atoms with Crippen molar-refractivity contribution in [1.82, 2.24) is 9.13 Å². The first-order valence-corrected chi connectivity index (χ1v) is 10.3. The van der Waals surface area contributed by atoms with Gasteiger partial charge in [0.15, 0.2) is 0 Å². The van der Waals surface area contributed by atoms with E-state index in [4.69, 9.17) is 9.84 Å². The Kier molecular flexibility index (Phi) is 7.49. The van der Waals surface area contributed by atoms with Crippen LogP contribution in [0.25, 0.3) is 16.9 Å². The van der Waals surface area contributed by atoms with Gasteiger partial charge in [-0.15, -0.1) is 0 Å². The zero-order valence-corrected chi connectivity index (χ0v) is 17.3. The minimum atomic E-state index is -0.741. The largest absolute Gasteiger partial charge is 0.497 e. The smallest absolute Gasteiger partial charge is 0.333 e. The van der Waals surface area contributed by atoms with Crippen molar-refractivity contribution in [1.29, 1.82) is 0 Å². The maximum absolute atomic E-state index is 13.2. The molecule has 0 radical (unpaired) electrons. The molecule has 30 heavy (non-hydrogen) atoms. The lowest BCUT2D eigenvalue weighted by Crippen LogP contribution is -2.23. The van der Waals surface area contributed by atoms with E-state index in [1.54, 1.807) is 16.2 Å². The second-order valence-electron chi connectivity index (χ2n) is 7.30. The summed E-state index contributed by atoms with van der Waals surface area (Å²) in [4.78, 5) is 23.8. The minimum Gasteiger partial charge on any atom is -0.497 e. The molecule has 1 N–H and O–H groups in total. The first-order chi connectivity index (χ1) is 14.6. The number of carbonyl (C=O) groups is 1. The molecular formula is C24H28N2O4. The first kappa shape index (κ1) is 21.4. The van der Waals surface area contributed by atoms with Gasteiger partial charge < -0.3 is 9.84 Å². The van der Waals surface area contributed by atoms with Crippen LogP contribution in [0.2, 0.25) is 0 Å². The van der Waals surface area contributed by atoms with Crippen LogP contribution < -0.4 is 10.4 Å². The predicted octanol–water partition coefficient (Wildman–Crippen LogP) is 4.74. The highest BCUT2D eigenvalue weighted by atomic mass is 16.5. The van der Waals surface area contributed by atoms with Gasteiger partial charge in [0.05, 0.1) is 18.5 Å². The Bertz CT molecular complexity index is 1000. The van der Waals surface area contributed by atoms with Gasteiger partial charge in [-0.3, -0.25) is 13.9 Å². The van der Waals surface area contributed by atoms with Crippen molar-refractivity contribution in [2.45, 2.75) is 45.1 Å². The Morgan fingerprint density at radius 1 is 0.933 bits per heavy atom. The molecular weight excluding hydrogens is 380 g/mol. The zero-order chi connectivity index (χ0) is 21.3. The molecule has 0 aliphatic carbocycles. The fourth-order valence-electron chi connectivity index (χ4n) is 3.53. The van der Waals surface area contributed by atoms with E-state index in [9.17, 15) is 9.59 Å². The van der Waals surface area contributed by atoms with Gasteiger partial charge in [-0.1, -0.05) is 49.6 Å². The number of carboxylic acids is 1. The normalized spacial score (nSPS) is 10.8. The molecule has 1 heterocycles. The molecule has 0 bridgehead atoms. The van der Waals surface area contributed by atoms with Crippen LogP contribution in [0.3, 0.4) is 0 Å². The monoisotopic (exact) mass is 408 g/mol. The molecule has 0 aliphatic heterocycles. The number of hydrogen-bond acceptors (Lipinski definition) is 3. The Morgan fingerprint density at radius 2 is 1.60 bits per heavy atom. The average Bonchev–Trinajstić information content (AvgIpc) is 3.09. The predicted molar refractivity (Wildman–Crippen MR) is 117 cm³/mol. The summed E-state index contributed by atoms with van der Waals surface area (Å²) < 4.78 is 8.74. The standard InChI is InChI=1S/C24H28N2O4/c1-30-21-15-13-20(14-16-21)26-22(19-10-6-5-7-11-19)18-25(24(26)29)17-9-4-2-3-8-12-23(27)28/h5-7,10-11,13-16,18H,2-4,8-9,12,17H2,1H3,(H,27,28). The second kappa shape index (κ2) is 10.5. The number of hydrogen-bond donors (Lipinski definition) is 1. The molecule has 0 fully saturated rings. The topological polar surface area (TPSA) is 73.5 Å². The third-order valence-corrected chi connectivity index (χ3v) is 5.15. The van der Waals surface area contributed by atoms with Crippen LogP contribution in [0, 0.1) is 0 Å². The number of nitrogens with zero attached hydrogens (tertiary/aromatic N) is 2. The van der Waals surface area contributed by atoms with Gasteiger partial charge in [-0.25, -0.2) is 4.79 Å². The Hall–Kier alpha value is -3.28. The van der Waals surface area contributed by atoms with Crippen LogP contribution in [-0.2, 0) is 11.3 Å². The van der Waals surface area contributed by atoms with Crippen LogP contribution >= 0.6 is 0 Å². The number of methoxy groups -OCH3 is 1. The summed E-state index contributed by atoms with van der Waals surface area (Å²) in [6, 6.07) is 17.4. The lowest BCUT2D eigenvalue weighted by Gasteiger charge is -2.08. The summed E-state index contributed by atoms with van der Waals surface area (Å²) in [5, 5.41) is 8.69.